The van der Waals surface area contributed by atoms with Gasteiger partial charge in [-0.15, -0.1) is 0 Å². The third kappa shape index (κ3) is 3.95. The first-order chi connectivity index (χ1) is 7.71. The largest absolute Gasteiger partial charge is 0.480 e. The molecule has 0 aromatic rings. The minimum Gasteiger partial charge on any atom is -0.480 e. The zero-order valence-electron chi connectivity index (χ0n) is 8.81. The second-order valence-electron chi connectivity index (χ2n) is 3.90. The first-order valence-electron chi connectivity index (χ1n) is 4.77. The Morgan fingerprint density at radius 2 is 1.59 bits per heavy atom. The molecule has 8 nitrogen and oxygen atoms in total. The second-order valence-corrected chi connectivity index (χ2v) is 6.06. The summed E-state index contributed by atoms with van der Waals surface area (Å²) in [5.41, 5.74) is 0. The smallest absolute Gasteiger partial charge is 0.317 e. The Kier molecular flexibility index (Phi) is 4.07. The summed E-state index contributed by atoms with van der Waals surface area (Å²) in [4.78, 5) is 22.0. The van der Waals surface area contributed by atoms with Gasteiger partial charge < -0.3 is 15.3 Å². The van der Waals surface area contributed by atoms with Crippen molar-refractivity contribution in [2.24, 2.45) is 0 Å². The van der Waals surface area contributed by atoms with Crippen molar-refractivity contribution in [3.05, 3.63) is 0 Å². The predicted molar refractivity (Wildman–Crippen MR) is 55.3 cm³/mol. The van der Waals surface area contributed by atoms with Gasteiger partial charge in [-0.25, -0.2) is 8.42 Å². The molecule has 0 aliphatic carbocycles. The molecule has 0 saturated carbocycles. The van der Waals surface area contributed by atoms with Gasteiger partial charge in [-0.05, 0) is 0 Å². The highest BCUT2D eigenvalue weighted by molar-refractivity contribution is 7.91. The topological polar surface area (TPSA) is 132 Å². The summed E-state index contributed by atoms with van der Waals surface area (Å²) in [5, 5.41) is 26.7. The molecule has 1 saturated heterocycles. The molecule has 0 unspecified atom stereocenters. The lowest BCUT2D eigenvalue weighted by Gasteiger charge is -2.26. The van der Waals surface area contributed by atoms with Crippen LogP contribution in [0, 0.1) is 0 Å². The molecule has 0 aromatic carbocycles. The lowest BCUT2D eigenvalue weighted by atomic mass is 10.2. The van der Waals surface area contributed by atoms with Crippen LogP contribution in [-0.4, -0.2) is 77.3 Å². The molecule has 0 amide bonds. The number of aliphatic carboxylic acids is 2. The number of sulfone groups is 1. The fraction of sp³-hybridized carbons (Fsp3) is 0.750. The summed E-state index contributed by atoms with van der Waals surface area (Å²) < 4.78 is 22.5. The van der Waals surface area contributed by atoms with Crippen LogP contribution in [-0.2, 0) is 19.4 Å². The molecule has 98 valence electrons. The zero-order chi connectivity index (χ0) is 13.2. The molecule has 17 heavy (non-hydrogen) atoms. The number of aliphatic hydroxyl groups is 1. The van der Waals surface area contributed by atoms with E-state index >= 15 is 0 Å². The standard InChI is InChI=1S/C8H13NO7S/c10-6-4-17(15,16)3-5(6)9(1-7(11)12)2-8(13)14/h5-6,10H,1-4H2,(H,11,12)(H,13,14)/t5-,6+/m1/s1. The number of rotatable bonds is 5. The van der Waals surface area contributed by atoms with Crippen LogP contribution in [0.1, 0.15) is 0 Å². The van der Waals surface area contributed by atoms with Crippen molar-refractivity contribution in [1.29, 1.82) is 0 Å². The second kappa shape index (κ2) is 4.98. The van der Waals surface area contributed by atoms with Gasteiger partial charge in [-0.1, -0.05) is 0 Å². The SMILES string of the molecule is O=C(O)CN(CC(=O)O)[C@@H]1CS(=O)(=O)C[C@@H]1O. The first-order valence-corrected chi connectivity index (χ1v) is 6.59. The average Bonchev–Trinajstić information content (AvgIpc) is 2.36. The van der Waals surface area contributed by atoms with Gasteiger partial charge in [0.2, 0.25) is 0 Å². The molecule has 0 radical (unpaired) electrons. The summed E-state index contributed by atoms with van der Waals surface area (Å²) in [6.45, 7) is -1.24. The molecule has 9 heteroatoms. The molecule has 1 rings (SSSR count). The van der Waals surface area contributed by atoms with Crippen LogP contribution in [0.2, 0.25) is 0 Å². The fourth-order valence-corrected chi connectivity index (χ4v) is 3.63. The van der Waals surface area contributed by atoms with Gasteiger partial charge in [0.25, 0.3) is 0 Å². The van der Waals surface area contributed by atoms with Gasteiger partial charge >= 0.3 is 11.9 Å². The Labute approximate surface area is 97.4 Å². The average molecular weight is 267 g/mol. The molecule has 0 aromatic heterocycles. The van der Waals surface area contributed by atoms with Crippen LogP contribution in [0.5, 0.6) is 0 Å². The Balaban J connectivity index is 2.83. The summed E-state index contributed by atoms with van der Waals surface area (Å²) >= 11 is 0. The van der Waals surface area contributed by atoms with Crippen LogP contribution in [0.15, 0.2) is 0 Å². The number of hydrogen-bond donors (Lipinski definition) is 3. The lowest BCUT2D eigenvalue weighted by molar-refractivity contribution is -0.143. The van der Waals surface area contributed by atoms with E-state index in [0.717, 1.165) is 4.90 Å². The number of hydrogen-bond acceptors (Lipinski definition) is 6. The maximum atomic E-state index is 11.2. The molecule has 0 bridgehead atoms. The molecular weight excluding hydrogens is 254 g/mol. The van der Waals surface area contributed by atoms with Crippen molar-refractivity contribution in [1.82, 2.24) is 4.90 Å². The molecule has 3 N–H and O–H groups in total. The van der Waals surface area contributed by atoms with E-state index in [1.807, 2.05) is 0 Å². The fourth-order valence-electron chi connectivity index (χ4n) is 1.80. The van der Waals surface area contributed by atoms with E-state index in [9.17, 15) is 23.1 Å². The number of carboxylic acids is 2. The van der Waals surface area contributed by atoms with E-state index in [1.54, 1.807) is 0 Å². The van der Waals surface area contributed by atoms with Crippen molar-refractivity contribution >= 4 is 21.8 Å². The van der Waals surface area contributed by atoms with Crippen molar-refractivity contribution in [2.45, 2.75) is 12.1 Å². The van der Waals surface area contributed by atoms with Gasteiger partial charge in [0, 0.05) is 0 Å². The van der Waals surface area contributed by atoms with E-state index in [2.05, 4.69) is 0 Å². The first kappa shape index (κ1) is 13.9. The minimum atomic E-state index is -3.44. The Morgan fingerprint density at radius 1 is 1.12 bits per heavy atom. The van der Waals surface area contributed by atoms with E-state index in [4.69, 9.17) is 10.2 Å². The van der Waals surface area contributed by atoms with Crippen LogP contribution in [0.3, 0.4) is 0 Å². The van der Waals surface area contributed by atoms with E-state index in [1.165, 1.54) is 0 Å². The number of carbonyl (C=O) groups is 2. The molecule has 1 fully saturated rings. The van der Waals surface area contributed by atoms with Crippen molar-refractivity contribution in [2.75, 3.05) is 24.6 Å². The Hall–Kier alpha value is -1.19. The summed E-state index contributed by atoms with van der Waals surface area (Å²) in [6.07, 6.45) is -1.25. The summed E-state index contributed by atoms with van der Waals surface area (Å²) in [5.74, 6) is -3.44. The third-order valence-corrected chi connectivity index (χ3v) is 4.14. The molecule has 1 aliphatic heterocycles. The van der Waals surface area contributed by atoms with Crippen LogP contribution in [0.25, 0.3) is 0 Å². The Morgan fingerprint density at radius 3 is 1.88 bits per heavy atom. The highest BCUT2D eigenvalue weighted by Crippen LogP contribution is 2.18. The number of carboxylic acid groups (broad SMARTS) is 2. The summed E-state index contributed by atoms with van der Waals surface area (Å²) in [6, 6.07) is -0.979. The van der Waals surface area contributed by atoms with Gasteiger partial charge in [0.05, 0.1) is 36.7 Å². The van der Waals surface area contributed by atoms with Gasteiger partial charge in [0.15, 0.2) is 9.84 Å². The van der Waals surface area contributed by atoms with Crippen LogP contribution >= 0.6 is 0 Å². The molecule has 2 atom stereocenters. The normalized spacial score (nSPS) is 27.2. The third-order valence-electron chi connectivity index (χ3n) is 2.44. The quantitative estimate of drug-likeness (QED) is 0.503. The van der Waals surface area contributed by atoms with E-state index < -0.39 is 58.5 Å². The predicted octanol–water partition coefficient (Wildman–Crippen LogP) is -2.38. The lowest BCUT2D eigenvalue weighted by Crippen LogP contribution is -2.47. The van der Waals surface area contributed by atoms with Gasteiger partial charge in [0.1, 0.15) is 0 Å². The van der Waals surface area contributed by atoms with Crippen molar-refractivity contribution in [3.63, 3.8) is 0 Å². The maximum absolute atomic E-state index is 11.2. The zero-order valence-corrected chi connectivity index (χ0v) is 9.63. The van der Waals surface area contributed by atoms with Gasteiger partial charge in [-0.3, -0.25) is 14.5 Å². The molecule has 1 aliphatic rings. The molecule has 1 heterocycles. The minimum absolute atomic E-state index is 0.422. The number of aliphatic hydroxyl groups excluding tert-OH is 1. The van der Waals surface area contributed by atoms with E-state index in [-0.39, 0.29) is 0 Å². The van der Waals surface area contributed by atoms with Gasteiger partial charge in [-0.2, -0.15) is 0 Å². The van der Waals surface area contributed by atoms with Crippen LogP contribution < -0.4 is 0 Å². The molecular formula is C8H13NO7S. The summed E-state index contributed by atoms with van der Waals surface area (Å²) in [7, 11) is -3.44. The Bertz CT molecular complexity index is 402. The van der Waals surface area contributed by atoms with Crippen molar-refractivity contribution in [3.8, 4) is 0 Å². The maximum Gasteiger partial charge on any atom is 0.317 e. The monoisotopic (exact) mass is 267 g/mol. The highest BCUT2D eigenvalue weighted by Gasteiger charge is 2.41. The number of nitrogens with zero attached hydrogens (tertiary/aromatic N) is 1. The van der Waals surface area contributed by atoms with Crippen molar-refractivity contribution < 1.29 is 33.3 Å². The molecule has 0 spiro atoms. The van der Waals surface area contributed by atoms with Crippen LogP contribution in [0.4, 0.5) is 0 Å². The van der Waals surface area contributed by atoms with E-state index in [0.29, 0.717) is 0 Å². The highest BCUT2D eigenvalue weighted by atomic mass is 32.2.